The van der Waals surface area contributed by atoms with Gasteiger partial charge in [-0.15, -0.1) is 6.58 Å². The minimum Gasteiger partial charge on any atom is -0.103 e. The summed E-state index contributed by atoms with van der Waals surface area (Å²) in [7, 11) is 0. The third-order valence-electron chi connectivity index (χ3n) is 2.44. The summed E-state index contributed by atoms with van der Waals surface area (Å²) < 4.78 is 0. The van der Waals surface area contributed by atoms with Gasteiger partial charge in [0.25, 0.3) is 0 Å². The van der Waals surface area contributed by atoms with E-state index < -0.39 is 0 Å². The van der Waals surface area contributed by atoms with E-state index in [2.05, 4.69) is 44.7 Å². The molecule has 0 saturated carbocycles. The molecule has 1 rings (SSSR count). The van der Waals surface area contributed by atoms with Crippen molar-refractivity contribution in [1.82, 2.24) is 0 Å². The Morgan fingerprint density at radius 3 is 2.46 bits per heavy atom. The van der Waals surface area contributed by atoms with Crippen molar-refractivity contribution in [3.8, 4) is 0 Å². The largest absolute Gasteiger partial charge is 0.103 e. The third-order valence-corrected chi connectivity index (χ3v) is 2.44. The molecule has 1 aromatic carbocycles. The Hall–Kier alpha value is -1.04. The number of benzene rings is 1. The number of allylic oxidation sites excluding steroid dienone is 1. The molecule has 0 spiro atoms. The monoisotopic (exact) mass is 174 g/mol. The fourth-order valence-corrected chi connectivity index (χ4v) is 1.53. The molecule has 70 valence electrons. The summed E-state index contributed by atoms with van der Waals surface area (Å²) in [6.07, 6.45) is 4.26. The summed E-state index contributed by atoms with van der Waals surface area (Å²) in [6.45, 7) is 8.23. The Bertz CT molecular complexity index is 273. The average Bonchev–Trinajstić information content (AvgIpc) is 2.18. The van der Waals surface area contributed by atoms with E-state index in [0.29, 0.717) is 5.92 Å². The fraction of sp³-hybridized carbons (Fsp3) is 0.385. The number of hydrogen-bond donors (Lipinski definition) is 0. The molecular formula is C13H18. The van der Waals surface area contributed by atoms with Crippen molar-refractivity contribution in [3.05, 3.63) is 48.0 Å². The van der Waals surface area contributed by atoms with Gasteiger partial charge in [-0.25, -0.2) is 0 Å². The van der Waals surface area contributed by atoms with Crippen LogP contribution in [0.25, 0.3) is 0 Å². The van der Waals surface area contributed by atoms with E-state index in [1.165, 1.54) is 11.1 Å². The lowest BCUT2D eigenvalue weighted by molar-refractivity contribution is 0.719. The van der Waals surface area contributed by atoms with Crippen molar-refractivity contribution in [1.29, 1.82) is 0 Å². The maximum atomic E-state index is 3.81. The Morgan fingerprint density at radius 1 is 1.31 bits per heavy atom. The van der Waals surface area contributed by atoms with Crippen LogP contribution in [0.15, 0.2) is 36.9 Å². The standard InChI is InChI=1S/C13H18/c1-4-11(3)10-13-9-7-6-8-12(13)5-2/h4,6-9,11H,1,5,10H2,2-3H3. The molecule has 0 N–H and O–H groups in total. The lowest BCUT2D eigenvalue weighted by Gasteiger charge is -2.10. The molecule has 0 amide bonds. The summed E-state index contributed by atoms with van der Waals surface area (Å²) in [5.74, 6) is 0.577. The van der Waals surface area contributed by atoms with E-state index in [-0.39, 0.29) is 0 Å². The fourth-order valence-electron chi connectivity index (χ4n) is 1.53. The van der Waals surface area contributed by atoms with Crippen molar-refractivity contribution in [2.24, 2.45) is 5.92 Å². The second kappa shape index (κ2) is 4.86. The maximum absolute atomic E-state index is 3.81. The van der Waals surface area contributed by atoms with Gasteiger partial charge in [0.1, 0.15) is 0 Å². The highest BCUT2D eigenvalue weighted by Crippen LogP contribution is 2.14. The predicted molar refractivity (Wildman–Crippen MR) is 58.9 cm³/mol. The van der Waals surface area contributed by atoms with Gasteiger partial charge >= 0.3 is 0 Å². The van der Waals surface area contributed by atoms with Crippen LogP contribution in [-0.4, -0.2) is 0 Å². The van der Waals surface area contributed by atoms with Crippen LogP contribution in [0.2, 0.25) is 0 Å². The van der Waals surface area contributed by atoms with Crippen molar-refractivity contribution in [2.75, 3.05) is 0 Å². The normalized spacial score (nSPS) is 12.5. The zero-order valence-corrected chi connectivity index (χ0v) is 8.59. The van der Waals surface area contributed by atoms with Crippen LogP contribution in [0.1, 0.15) is 25.0 Å². The molecule has 0 aliphatic heterocycles. The molecule has 1 unspecified atom stereocenters. The summed E-state index contributed by atoms with van der Waals surface area (Å²) in [6, 6.07) is 8.66. The summed E-state index contributed by atoms with van der Waals surface area (Å²) >= 11 is 0. The Labute approximate surface area is 81.3 Å². The lowest BCUT2D eigenvalue weighted by Crippen LogP contribution is -1.99. The first kappa shape index (κ1) is 10.0. The molecule has 1 atom stereocenters. The van der Waals surface area contributed by atoms with Crippen LogP contribution in [0.5, 0.6) is 0 Å². The third kappa shape index (κ3) is 2.73. The van der Waals surface area contributed by atoms with Gasteiger partial charge in [0.05, 0.1) is 0 Å². The van der Waals surface area contributed by atoms with Gasteiger partial charge < -0.3 is 0 Å². The van der Waals surface area contributed by atoms with Crippen LogP contribution >= 0.6 is 0 Å². The summed E-state index contributed by atoms with van der Waals surface area (Å²) in [5, 5.41) is 0. The first-order valence-electron chi connectivity index (χ1n) is 4.97. The average molecular weight is 174 g/mol. The highest BCUT2D eigenvalue weighted by molar-refractivity contribution is 5.27. The first-order valence-corrected chi connectivity index (χ1v) is 4.97. The molecule has 0 aromatic heterocycles. The van der Waals surface area contributed by atoms with Crippen LogP contribution in [0.3, 0.4) is 0 Å². The van der Waals surface area contributed by atoms with Crippen LogP contribution in [0, 0.1) is 5.92 Å². The minimum absolute atomic E-state index is 0.577. The van der Waals surface area contributed by atoms with Gasteiger partial charge in [0.15, 0.2) is 0 Å². The van der Waals surface area contributed by atoms with Gasteiger partial charge in [-0.1, -0.05) is 44.2 Å². The minimum atomic E-state index is 0.577. The molecule has 0 aliphatic carbocycles. The smallest absolute Gasteiger partial charge is 0.0216 e. The van der Waals surface area contributed by atoms with Crippen LogP contribution < -0.4 is 0 Å². The second-order valence-corrected chi connectivity index (χ2v) is 3.54. The number of hydrogen-bond acceptors (Lipinski definition) is 0. The van der Waals surface area contributed by atoms with Crippen LogP contribution in [0.4, 0.5) is 0 Å². The number of rotatable bonds is 4. The van der Waals surface area contributed by atoms with Crippen molar-refractivity contribution >= 4 is 0 Å². The summed E-state index contributed by atoms with van der Waals surface area (Å²) in [4.78, 5) is 0. The highest BCUT2D eigenvalue weighted by Gasteiger charge is 2.02. The van der Waals surface area contributed by atoms with E-state index >= 15 is 0 Å². The number of aryl methyl sites for hydroxylation is 1. The molecule has 1 aromatic rings. The van der Waals surface area contributed by atoms with E-state index in [1.54, 1.807) is 0 Å². The lowest BCUT2D eigenvalue weighted by atomic mass is 9.96. The van der Waals surface area contributed by atoms with E-state index in [1.807, 2.05) is 6.08 Å². The molecule has 0 heterocycles. The van der Waals surface area contributed by atoms with Gasteiger partial charge in [-0.05, 0) is 29.9 Å². The first-order chi connectivity index (χ1) is 6.27. The van der Waals surface area contributed by atoms with Gasteiger partial charge in [0.2, 0.25) is 0 Å². The van der Waals surface area contributed by atoms with Crippen LogP contribution in [-0.2, 0) is 12.8 Å². The van der Waals surface area contributed by atoms with Gasteiger partial charge in [0, 0.05) is 0 Å². The van der Waals surface area contributed by atoms with Crippen molar-refractivity contribution < 1.29 is 0 Å². The quantitative estimate of drug-likeness (QED) is 0.612. The molecule has 0 fully saturated rings. The molecule has 0 aliphatic rings. The molecule has 0 bridgehead atoms. The van der Waals surface area contributed by atoms with E-state index in [9.17, 15) is 0 Å². The second-order valence-electron chi connectivity index (χ2n) is 3.54. The Morgan fingerprint density at radius 2 is 1.92 bits per heavy atom. The summed E-state index contributed by atoms with van der Waals surface area (Å²) in [5.41, 5.74) is 2.94. The zero-order chi connectivity index (χ0) is 9.68. The Balaban J connectivity index is 2.80. The zero-order valence-electron chi connectivity index (χ0n) is 8.59. The topological polar surface area (TPSA) is 0 Å². The molecule has 0 saturated heterocycles. The highest BCUT2D eigenvalue weighted by atomic mass is 14.1. The van der Waals surface area contributed by atoms with E-state index in [4.69, 9.17) is 0 Å². The molecule has 0 radical (unpaired) electrons. The van der Waals surface area contributed by atoms with Gasteiger partial charge in [-0.3, -0.25) is 0 Å². The predicted octanol–water partition coefficient (Wildman–Crippen LogP) is 3.61. The van der Waals surface area contributed by atoms with Crippen molar-refractivity contribution in [2.45, 2.75) is 26.7 Å². The molecule has 13 heavy (non-hydrogen) atoms. The molecule has 0 heteroatoms. The maximum Gasteiger partial charge on any atom is -0.0216 e. The van der Waals surface area contributed by atoms with E-state index in [0.717, 1.165) is 12.8 Å². The molecular weight excluding hydrogens is 156 g/mol. The molecule has 0 nitrogen and oxygen atoms in total. The van der Waals surface area contributed by atoms with Crippen molar-refractivity contribution in [3.63, 3.8) is 0 Å². The SMILES string of the molecule is C=CC(C)Cc1ccccc1CC. The Kier molecular flexibility index (Phi) is 3.75. The van der Waals surface area contributed by atoms with Gasteiger partial charge in [-0.2, -0.15) is 0 Å².